The Morgan fingerprint density at radius 2 is 2.12 bits per heavy atom. The maximum absolute atomic E-state index is 5.73. The standard InChI is InChI=1S/C13H14BrNO2/c1-15-8-13-10(6-7-16-13)9-17-12-5-3-2-4-11(12)14/h2-7,15H,8-9H2,1H3. The number of benzene rings is 1. The van der Waals surface area contributed by atoms with Crippen LogP contribution in [0.25, 0.3) is 0 Å². The first-order valence-corrected chi connectivity index (χ1v) is 6.17. The van der Waals surface area contributed by atoms with Crippen molar-refractivity contribution in [2.24, 2.45) is 0 Å². The fourth-order valence-electron chi connectivity index (χ4n) is 1.53. The second kappa shape index (κ2) is 5.89. The molecule has 0 radical (unpaired) electrons. The summed E-state index contributed by atoms with van der Waals surface area (Å²) in [6.07, 6.45) is 1.69. The van der Waals surface area contributed by atoms with Crippen molar-refractivity contribution < 1.29 is 9.15 Å². The lowest BCUT2D eigenvalue weighted by Gasteiger charge is -2.07. The first-order chi connectivity index (χ1) is 8.31. The monoisotopic (exact) mass is 295 g/mol. The number of nitrogens with one attached hydrogen (secondary N) is 1. The minimum Gasteiger partial charge on any atom is -0.488 e. The van der Waals surface area contributed by atoms with Gasteiger partial charge in [-0.2, -0.15) is 0 Å². The van der Waals surface area contributed by atoms with Crippen molar-refractivity contribution >= 4 is 15.9 Å². The molecule has 0 aliphatic heterocycles. The highest BCUT2D eigenvalue weighted by Crippen LogP contribution is 2.25. The van der Waals surface area contributed by atoms with Gasteiger partial charge >= 0.3 is 0 Å². The maximum Gasteiger partial charge on any atom is 0.133 e. The number of hydrogen-bond acceptors (Lipinski definition) is 3. The minimum absolute atomic E-state index is 0.510. The maximum atomic E-state index is 5.73. The van der Waals surface area contributed by atoms with Crippen molar-refractivity contribution in [2.45, 2.75) is 13.2 Å². The van der Waals surface area contributed by atoms with Crippen molar-refractivity contribution in [3.63, 3.8) is 0 Å². The Kier molecular flexibility index (Phi) is 4.23. The summed E-state index contributed by atoms with van der Waals surface area (Å²) >= 11 is 3.45. The predicted molar refractivity (Wildman–Crippen MR) is 69.9 cm³/mol. The average Bonchev–Trinajstić information content (AvgIpc) is 2.76. The van der Waals surface area contributed by atoms with Gasteiger partial charge in [0.05, 0.1) is 17.3 Å². The quantitative estimate of drug-likeness (QED) is 0.919. The molecule has 17 heavy (non-hydrogen) atoms. The van der Waals surface area contributed by atoms with Crippen molar-refractivity contribution in [1.82, 2.24) is 5.32 Å². The van der Waals surface area contributed by atoms with Crippen molar-refractivity contribution in [2.75, 3.05) is 7.05 Å². The van der Waals surface area contributed by atoms with Gasteiger partial charge in [0.25, 0.3) is 0 Å². The van der Waals surface area contributed by atoms with Crippen LogP contribution < -0.4 is 10.1 Å². The number of halogens is 1. The van der Waals surface area contributed by atoms with Gasteiger partial charge in [0.1, 0.15) is 18.1 Å². The van der Waals surface area contributed by atoms with Gasteiger partial charge in [-0.25, -0.2) is 0 Å². The largest absolute Gasteiger partial charge is 0.488 e. The molecule has 90 valence electrons. The molecule has 3 nitrogen and oxygen atoms in total. The number of rotatable bonds is 5. The van der Waals surface area contributed by atoms with Crippen molar-refractivity contribution in [1.29, 1.82) is 0 Å². The highest BCUT2D eigenvalue weighted by Gasteiger charge is 2.07. The summed E-state index contributed by atoms with van der Waals surface area (Å²) < 4.78 is 12.1. The van der Waals surface area contributed by atoms with E-state index in [0.717, 1.165) is 21.5 Å². The molecular weight excluding hydrogens is 282 g/mol. The van der Waals surface area contributed by atoms with Crippen LogP contribution in [-0.2, 0) is 13.2 Å². The summed E-state index contributed by atoms with van der Waals surface area (Å²) in [6, 6.07) is 9.73. The Labute approximate surface area is 109 Å². The van der Waals surface area contributed by atoms with Gasteiger partial charge in [0.2, 0.25) is 0 Å². The third-order valence-corrected chi connectivity index (χ3v) is 3.05. The van der Waals surface area contributed by atoms with E-state index in [1.165, 1.54) is 0 Å². The van der Waals surface area contributed by atoms with E-state index in [1.807, 2.05) is 37.4 Å². The average molecular weight is 296 g/mol. The second-order valence-electron chi connectivity index (χ2n) is 3.62. The van der Waals surface area contributed by atoms with E-state index in [2.05, 4.69) is 21.2 Å². The van der Waals surface area contributed by atoms with Crippen LogP contribution in [0.2, 0.25) is 0 Å². The molecule has 1 aromatic carbocycles. The summed E-state index contributed by atoms with van der Waals surface area (Å²) in [6.45, 7) is 1.22. The van der Waals surface area contributed by atoms with Crippen LogP contribution in [0.3, 0.4) is 0 Å². The Hall–Kier alpha value is -1.26. The van der Waals surface area contributed by atoms with Crippen LogP contribution in [0.15, 0.2) is 45.5 Å². The fourth-order valence-corrected chi connectivity index (χ4v) is 1.93. The summed E-state index contributed by atoms with van der Waals surface area (Å²) in [5.74, 6) is 1.75. The van der Waals surface area contributed by atoms with Crippen LogP contribution in [0.1, 0.15) is 11.3 Å². The summed E-state index contributed by atoms with van der Waals surface area (Å²) in [7, 11) is 1.89. The topological polar surface area (TPSA) is 34.4 Å². The number of furan rings is 1. The molecule has 0 aliphatic rings. The van der Waals surface area contributed by atoms with E-state index in [4.69, 9.17) is 9.15 Å². The van der Waals surface area contributed by atoms with Gasteiger partial charge in [-0.3, -0.25) is 0 Å². The Bertz CT molecular complexity index is 482. The van der Waals surface area contributed by atoms with Gasteiger partial charge in [-0.1, -0.05) is 12.1 Å². The van der Waals surface area contributed by atoms with Crippen LogP contribution >= 0.6 is 15.9 Å². The van der Waals surface area contributed by atoms with E-state index in [-0.39, 0.29) is 0 Å². The number of para-hydroxylation sites is 1. The molecule has 0 saturated heterocycles. The lowest BCUT2D eigenvalue weighted by Crippen LogP contribution is -2.07. The zero-order valence-electron chi connectivity index (χ0n) is 9.57. The number of hydrogen-bond donors (Lipinski definition) is 1. The molecule has 1 aromatic heterocycles. The van der Waals surface area contributed by atoms with E-state index in [0.29, 0.717) is 13.2 Å². The van der Waals surface area contributed by atoms with Gasteiger partial charge in [-0.05, 0) is 41.2 Å². The zero-order chi connectivity index (χ0) is 12.1. The molecule has 4 heteroatoms. The highest BCUT2D eigenvalue weighted by atomic mass is 79.9. The first kappa shape index (κ1) is 12.2. The van der Waals surface area contributed by atoms with E-state index in [9.17, 15) is 0 Å². The number of ether oxygens (including phenoxy) is 1. The van der Waals surface area contributed by atoms with E-state index in [1.54, 1.807) is 6.26 Å². The Morgan fingerprint density at radius 3 is 2.88 bits per heavy atom. The molecule has 0 spiro atoms. The van der Waals surface area contributed by atoms with Gasteiger partial charge in [0.15, 0.2) is 0 Å². The fraction of sp³-hybridized carbons (Fsp3) is 0.231. The highest BCUT2D eigenvalue weighted by molar-refractivity contribution is 9.10. The molecule has 2 aromatic rings. The third kappa shape index (κ3) is 3.11. The predicted octanol–water partition coefficient (Wildman–Crippen LogP) is 3.34. The second-order valence-corrected chi connectivity index (χ2v) is 4.47. The summed E-state index contributed by atoms with van der Waals surface area (Å²) in [5.41, 5.74) is 1.06. The molecular formula is C13H14BrNO2. The normalized spacial score (nSPS) is 10.5. The van der Waals surface area contributed by atoms with Gasteiger partial charge in [0, 0.05) is 5.56 Å². The van der Waals surface area contributed by atoms with Crippen LogP contribution in [0.4, 0.5) is 0 Å². The first-order valence-electron chi connectivity index (χ1n) is 5.38. The molecule has 0 amide bonds. The lowest BCUT2D eigenvalue weighted by molar-refractivity contribution is 0.299. The molecule has 0 aliphatic carbocycles. The van der Waals surface area contributed by atoms with E-state index >= 15 is 0 Å². The Balaban J connectivity index is 2.02. The third-order valence-electron chi connectivity index (χ3n) is 2.39. The minimum atomic E-state index is 0.510. The van der Waals surface area contributed by atoms with Crippen molar-refractivity contribution in [3.05, 3.63) is 52.4 Å². The zero-order valence-corrected chi connectivity index (χ0v) is 11.2. The molecule has 0 atom stereocenters. The molecule has 0 unspecified atom stereocenters. The van der Waals surface area contributed by atoms with Gasteiger partial charge < -0.3 is 14.5 Å². The molecule has 1 N–H and O–H groups in total. The van der Waals surface area contributed by atoms with Crippen LogP contribution in [0, 0.1) is 0 Å². The van der Waals surface area contributed by atoms with E-state index < -0.39 is 0 Å². The molecule has 0 bridgehead atoms. The lowest BCUT2D eigenvalue weighted by atomic mass is 10.2. The van der Waals surface area contributed by atoms with Crippen LogP contribution in [-0.4, -0.2) is 7.05 Å². The smallest absolute Gasteiger partial charge is 0.133 e. The summed E-state index contributed by atoms with van der Waals surface area (Å²) in [5, 5.41) is 3.06. The van der Waals surface area contributed by atoms with Crippen LogP contribution in [0.5, 0.6) is 5.75 Å². The molecule has 1 heterocycles. The molecule has 2 rings (SSSR count). The van der Waals surface area contributed by atoms with Gasteiger partial charge in [-0.15, -0.1) is 0 Å². The molecule has 0 fully saturated rings. The molecule has 0 saturated carbocycles. The SMILES string of the molecule is CNCc1occc1COc1ccccc1Br. The Morgan fingerprint density at radius 1 is 1.29 bits per heavy atom. The van der Waals surface area contributed by atoms with Crippen molar-refractivity contribution in [3.8, 4) is 5.75 Å². The summed E-state index contributed by atoms with van der Waals surface area (Å²) in [4.78, 5) is 0.